The lowest BCUT2D eigenvalue weighted by atomic mass is 9.98. The lowest BCUT2D eigenvalue weighted by Crippen LogP contribution is -2.12. The molecule has 0 bridgehead atoms. The largest absolute Gasteiger partial charge is 0.497 e. The van der Waals surface area contributed by atoms with Crippen LogP contribution in [0.2, 0.25) is 0 Å². The van der Waals surface area contributed by atoms with Gasteiger partial charge in [-0.1, -0.05) is 24.3 Å². The van der Waals surface area contributed by atoms with Crippen LogP contribution in [0, 0.1) is 0 Å². The molecule has 0 heterocycles. The molecule has 0 fully saturated rings. The average Bonchev–Trinajstić information content (AvgIpc) is 2.45. The monoisotopic (exact) mass is 294 g/mol. The van der Waals surface area contributed by atoms with Crippen molar-refractivity contribution in [2.45, 2.75) is 19.8 Å². The zero-order valence-electron chi connectivity index (χ0n) is 11.9. The molecule has 0 saturated carbocycles. The second-order valence-electron chi connectivity index (χ2n) is 4.45. The predicted molar refractivity (Wildman–Crippen MR) is 82.8 cm³/mol. The summed E-state index contributed by atoms with van der Waals surface area (Å²) in [6, 6.07) is 11.9. The van der Waals surface area contributed by atoms with E-state index >= 15 is 0 Å². The minimum Gasteiger partial charge on any atom is -0.497 e. The molecule has 108 valence electrons. The van der Waals surface area contributed by atoms with Gasteiger partial charge in [0.2, 0.25) is 0 Å². The fourth-order valence-corrected chi connectivity index (χ4v) is 2.04. The molecule has 1 unspecified atom stereocenters. The van der Waals surface area contributed by atoms with Crippen LogP contribution >= 0.6 is 12.4 Å². The highest BCUT2D eigenvalue weighted by atomic mass is 35.5. The van der Waals surface area contributed by atoms with Gasteiger partial charge in [-0.05, 0) is 42.3 Å². The molecule has 0 saturated heterocycles. The fourth-order valence-electron chi connectivity index (χ4n) is 2.04. The summed E-state index contributed by atoms with van der Waals surface area (Å²) in [4.78, 5) is 11.7. The maximum atomic E-state index is 11.7. The van der Waals surface area contributed by atoms with E-state index in [0.29, 0.717) is 6.61 Å². The number of hydrogen-bond acceptors (Lipinski definition) is 3. The van der Waals surface area contributed by atoms with Crippen molar-refractivity contribution >= 4 is 29.1 Å². The number of halogens is 1. The van der Waals surface area contributed by atoms with Gasteiger partial charge in [0.25, 0.3) is 0 Å². The van der Waals surface area contributed by atoms with E-state index in [1.165, 1.54) is 0 Å². The maximum absolute atomic E-state index is 11.7. The Morgan fingerprint density at radius 3 is 2.45 bits per heavy atom. The van der Waals surface area contributed by atoms with Gasteiger partial charge in [-0.15, -0.1) is 12.4 Å². The van der Waals surface area contributed by atoms with E-state index in [0.717, 1.165) is 22.1 Å². The minimum atomic E-state index is -0.244. The minimum absolute atomic E-state index is 0. The van der Waals surface area contributed by atoms with Crippen LogP contribution in [0.4, 0.5) is 0 Å². The van der Waals surface area contributed by atoms with E-state index in [1.807, 2.05) is 50.2 Å². The molecule has 0 amide bonds. The summed E-state index contributed by atoms with van der Waals surface area (Å²) >= 11 is 0. The van der Waals surface area contributed by atoms with Crippen LogP contribution in [-0.2, 0) is 9.53 Å². The Balaban J connectivity index is 0.00000200. The van der Waals surface area contributed by atoms with Crippen LogP contribution in [0.15, 0.2) is 36.4 Å². The summed E-state index contributed by atoms with van der Waals surface area (Å²) in [7, 11) is 1.65. The quantitative estimate of drug-likeness (QED) is 0.801. The first-order valence-electron chi connectivity index (χ1n) is 6.40. The van der Waals surface area contributed by atoms with Crippen LogP contribution in [0.25, 0.3) is 10.8 Å². The van der Waals surface area contributed by atoms with Crippen molar-refractivity contribution in [2.75, 3.05) is 13.7 Å². The maximum Gasteiger partial charge on any atom is 0.313 e. The SMILES string of the molecule is CCOC(=O)C(C)c1ccc2cc(OC)ccc2c1.Cl. The molecule has 0 N–H and O–H groups in total. The first-order valence-corrected chi connectivity index (χ1v) is 6.40. The fraction of sp³-hybridized carbons (Fsp3) is 0.312. The molecular weight excluding hydrogens is 276 g/mol. The van der Waals surface area contributed by atoms with Gasteiger partial charge in [0, 0.05) is 0 Å². The second kappa shape index (κ2) is 7.15. The third kappa shape index (κ3) is 3.42. The molecule has 0 aliphatic rings. The van der Waals surface area contributed by atoms with Crippen molar-refractivity contribution in [3.05, 3.63) is 42.0 Å². The third-order valence-corrected chi connectivity index (χ3v) is 3.21. The summed E-state index contributed by atoms with van der Waals surface area (Å²) in [5, 5.41) is 2.19. The number of hydrogen-bond donors (Lipinski definition) is 0. The Kier molecular flexibility index (Phi) is 5.83. The Morgan fingerprint density at radius 1 is 1.15 bits per heavy atom. The van der Waals surface area contributed by atoms with Gasteiger partial charge in [0.1, 0.15) is 5.75 Å². The van der Waals surface area contributed by atoms with E-state index in [-0.39, 0.29) is 24.3 Å². The Bertz CT molecular complexity index is 595. The van der Waals surface area contributed by atoms with Gasteiger partial charge in [-0.3, -0.25) is 4.79 Å². The number of benzene rings is 2. The summed E-state index contributed by atoms with van der Waals surface area (Å²) < 4.78 is 10.2. The highest BCUT2D eigenvalue weighted by molar-refractivity contribution is 5.86. The van der Waals surface area contributed by atoms with Crippen molar-refractivity contribution < 1.29 is 14.3 Å². The van der Waals surface area contributed by atoms with Gasteiger partial charge in [-0.25, -0.2) is 0 Å². The first kappa shape index (κ1) is 16.3. The van der Waals surface area contributed by atoms with E-state index in [1.54, 1.807) is 7.11 Å². The number of carbonyl (C=O) groups excluding carboxylic acids is 1. The summed E-state index contributed by atoms with van der Waals surface area (Å²) in [6.45, 7) is 4.09. The first-order chi connectivity index (χ1) is 9.15. The summed E-state index contributed by atoms with van der Waals surface area (Å²) in [5.74, 6) is 0.403. The smallest absolute Gasteiger partial charge is 0.313 e. The topological polar surface area (TPSA) is 35.5 Å². The molecule has 0 aromatic heterocycles. The summed E-state index contributed by atoms with van der Waals surface area (Å²) in [6.07, 6.45) is 0. The highest BCUT2D eigenvalue weighted by Gasteiger charge is 2.16. The Labute approximate surface area is 125 Å². The third-order valence-electron chi connectivity index (χ3n) is 3.21. The molecule has 4 heteroatoms. The average molecular weight is 295 g/mol. The molecule has 2 aromatic rings. The molecule has 2 aromatic carbocycles. The normalized spacial score (nSPS) is 11.6. The van der Waals surface area contributed by atoms with Crippen LogP contribution in [0.5, 0.6) is 5.75 Å². The van der Waals surface area contributed by atoms with Crippen molar-refractivity contribution in [1.82, 2.24) is 0 Å². The van der Waals surface area contributed by atoms with Gasteiger partial charge in [0.05, 0.1) is 19.6 Å². The van der Waals surface area contributed by atoms with Crippen molar-refractivity contribution in [2.24, 2.45) is 0 Å². The molecule has 0 radical (unpaired) electrons. The Morgan fingerprint density at radius 2 is 1.80 bits per heavy atom. The molecular formula is C16H19ClO3. The molecule has 0 aliphatic carbocycles. The van der Waals surface area contributed by atoms with Crippen LogP contribution < -0.4 is 4.74 Å². The molecule has 2 rings (SSSR count). The molecule has 0 aliphatic heterocycles. The molecule has 3 nitrogen and oxygen atoms in total. The highest BCUT2D eigenvalue weighted by Crippen LogP contribution is 2.25. The lowest BCUT2D eigenvalue weighted by Gasteiger charge is -2.12. The standard InChI is InChI=1S/C16H18O3.ClH/c1-4-19-16(17)11(2)12-5-6-14-10-15(18-3)8-7-13(14)9-12;/h5-11H,4H2,1-3H3;1H. The van der Waals surface area contributed by atoms with Gasteiger partial charge >= 0.3 is 5.97 Å². The van der Waals surface area contributed by atoms with Crippen LogP contribution in [-0.4, -0.2) is 19.7 Å². The van der Waals surface area contributed by atoms with Gasteiger partial charge in [0.15, 0.2) is 0 Å². The Hall–Kier alpha value is -1.74. The number of esters is 1. The molecule has 1 atom stereocenters. The number of fused-ring (bicyclic) bond motifs is 1. The predicted octanol–water partition coefficient (Wildman–Crippen LogP) is 3.94. The lowest BCUT2D eigenvalue weighted by molar-refractivity contribution is -0.144. The number of rotatable bonds is 4. The number of carbonyl (C=O) groups is 1. The number of ether oxygens (including phenoxy) is 2. The van der Waals surface area contributed by atoms with E-state index < -0.39 is 0 Å². The van der Waals surface area contributed by atoms with Gasteiger partial charge < -0.3 is 9.47 Å². The number of methoxy groups -OCH3 is 1. The van der Waals surface area contributed by atoms with Crippen LogP contribution in [0.1, 0.15) is 25.3 Å². The van der Waals surface area contributed by atoms with E-state index in [9.17, 15) is 4.79 Å². The van der Waals surface area contributed by atoms with E-state index in [2.05, 4.69) is 0 Å². The molecule has 0 spiro atoms. The van der Waals surface area contributed by atoms with Crippen LogP contribution in [0.3, 0.4) is 0 Å². The molecule has 20 heavy (non-hydrogen) atoms. The van der Waals surface area contributed by atoms with Crippen molar-refractivity contribution in [3.8, 4) is 5.75 Å². The summed E-state index contributed by atoms with van der Waals surface area (Å²) in [5.41, 5.74) is 0.969. The van der Waals surface area contributed by atoms with Gasteiger partial charge in [-0.2, -0.15) is 0 Å². The zero-order valence-corrected chi connectivity index (χ0v) is 12.7. The van der Waals surface area contributed by atoms with Crippen molar-refractivity contribution in [1.29, 1.82) is 0 Å². The zero-order chi connectivity index (χ0) is 13.8. The van der Waals surface area contributed by atoms with Crippen molar-refractivity contribution in [3.63, 3.8) is 0 Å². The second-order valence-corrected chi connectivity index (χ2v) is 4.45. The van der Waals surface area contributed by atoms with E-state index in [4.69, 9.17) is 9.47 Å².